The molecule has 0 N–H and O–H groups in total. The summed E-state index contributed by atoms with van der Waals surface area (Å²) < 4.78 is 0. The molecule has 0 saturated heterocycles. The van der Waals surface area contributed by atoms with E-state index in [-0.39, 0.29) is 0 Å². The average molecular weight is 335 g/mol. The Hall–Kier alpha value is 0. The van der Waals surface area contributed by atoms with E-state index in [1.54, 1.807) is 6.42 Å². The van der Waals surface area contributed by atoms with Gasteiger partial charge < -0.3 is 0 Å². The molecule has 9 unspecified atom stereocenters. The topological polar surface area (TPSA) is 0 Å². The van der Waals surface area contributed by atoms with Gasteiger partial charge in [0.15, 0.2) is 0 Å². The third-order valence-electron chi connectivity index (χ3n) is 8.46. The van der Waals surface area contributed by atoms with Gasteiger partial charge in [0.25, 0.3) is 0 Å². The van der Waals surface area contributed by atoms with Crippen LogP contribution >= 0.6 is 0 Å². The molecule has 0 nitrogen and oxygen atoms in total. The van der Waals surface area contributed by atoms with Crippen LogP contribution in [0.4, 0.5) is 0 Å². The van der Waals surface area contributed by atoms with Crippen molar-refractivity contribution in [1.29, 1.82) is 0 Å². The maximum Gasteiger partial charge on any atom is -0.0354 e. The highest BCUT2D eigenvalue weighted by molar-refractivity contribution is 4.94. The predicted molar refractivity (Wildman–Crippen MR) is 108 cm³/mol. The van der Waals surface area contributed by atoms with Crippen molar-refractivity contribution in [3.05, 3.63) is 0 Å². The number of rotatable bonds is 7. The quantitative estimate of drug-likeness (QED) is 0.445. The first-order valence-corrected chi connectivity index (χ1v) is 11.4. The highest BCUT2D eigenvalue weighted by Crippen LogP contribution is 2.53. The summed E-state index contributed by atoms with van der Waals surface area (Å²) in [6.07, 6.45) is 11.7. The summed E-state index contributed by atoms with van der Waals surface area (Å²) >= 11 is 0. The Morgan fingerprint density at radius 2 is 1.62 bits per heavy atom. The largest absolute Gasteiger partial charge is 0.0654 e. The zero-order valence-corrected chi connectivity index (χ0v) is 17.9. The summed E-state index contributed by atoms with van der Waals surface area (Å²) in [6, 6.07) is 0. The molecule has 0 heteroatoms. The van der Waals surface area contributed by atoms with E-state index in [0.717, 1.165) is 53.3 Å². The van der Waals surface area contributed by atoms with E-state index in [0.29, 0.717) is 0 Å². The average Bonchev–Trinajstić information content (AvgIpc) is 3.32. The van der Waals surface area contributed by atoms with Gasteiger partial charge >= 0.3 is 0 Å². The molecule has 0 spiro atoms. The normalized spacial score (nSPS) is 40.6. The van der Waals surface area contributed by atoms with Crippen LogP contribution in [0, 0.1) is 53.3 Å². The van der Waals surface area contributed by atoms with Crippen LogP contribution in [0.5, 0.6) is 0 Å². The van der Waals surface area contributed by atoms with Crippen molar-refractivity contribution in [3.8, 4) is 0 Å². The Morgan fingerprint density at radius 1 is 0.917 bits per heavy atom. The number of fused-ring (bicyclic) bond motifs is 1. The fraction of sp³-hybridized carbons (Fsp3) is 1.00. The fourth-order valence-corrected chi connectivity index (χ4v) is 6.10. The summed E-state index contributed by atoms with van der Waals surface area (Å²) in [5, 5.41) is 0. The molecule has 142 valence electrons. The van der Waals surface area contributed by atoms with Gasteiger partial charge in [-0.1, -0.05) is 74.1 Å². The van der Waals surface area contributed by atoms with Crippen LogP contribution in [0.15, 0.2) is 0 Å². The van der Waals surface area contributed by atoms with Crippen molar-refractivity contribution < 1.29 is 0 Å². The highest BCUT2D eigenvalue weighted by Gasteiger charge is 2.45. The molecule has 0 aromatic heterocycles. The van der Waals surface area contributed by atoms with Crippen molar-refractivity contribution in [3.63, 3.8) is 0 Å². The van der Waals surface area contributed by atoms with Gasteiger partial charge in [-0.15, -0.1) is 0 Å². The lowest BCUT2D eigenvalue weighted by molar-refractivity contribution is 0.148. The molecule has 0 aromatic rings. The van der Waals surface area contributed by atoms with Crippen molar-refractivity contribution in [2.45, 2.75) is 99.8 Å². The van der Waals surface area contributed by atoms with Crippen LogP contribution in [0.2, 0.25) is 0 Å². The summed E-state index contributed by atoms with van der Waals surface area (Å²) in [4.78, 5) is 0. The Bertz CT molecular complexity index is 359. The minimum atomic E-state index is 0.896. The Labute approximate surface area is 153 Å². The third kappa shape index (κ3) is 5.01. The Kier molecular flexibility index (Phi) is 7.69. The fourth-order valence-electron chi connectivity index (χ4n) is 6.10. The molecule has 24 heavy (non-hydrogen) atoms. The van der Waals surface area contributed by atoms with Crippen molar-refractivity contribution in [2.75, 3.05) is 0 Å². The molecular weight excluding hydrogens is 288 g/mol. The molecule has 2 aliphatic rings. The molecule has 0 heterocycles. The van der Waals surface area contributed by atoms with E-state index in [4.69, 9.17) is 0 Å². The maximum absolute atomic E-state index is 2.60. The van der Waals surface area contributed by atoms with E-state index in [2.05, 4.69) is 48.5 Å². The summed E-state index contributed by atoms with van der Waals surface area (Å²) in [5.41, 5.74) is 0. The van der Waals surface area contributed by atoms with Gasteiger partial charge in [-0.25, -0.2) is 0 Å². The van der Waals surface area contributed by atoms with Crippen LogP contribution in [0.3, 0.4) is 0 Å². The van der Waals surface area contributed by atoms with Crippen LogP contribution in [0.1, 0.15) is 99.8 Å². The molecule has 0 aromatic carbocycles. The van der Waals surface area contributed by atoms with E-state index in [1.165, 1.54) is 44.9 Å². The minimum Gasteiger partial charge on any atom is -0.0654 e. The lowest BCUT2D eigenvalue weighted by Gasteiger charge is -2.35. The molecule has 2 saturated carbocycles. The van der Waals surface area contributed by atoms with Gasteiger partial charge in [-0.2, -0.15) is 0 Å². The molecule has 9 atom stereocenters. The van der Waals surface area contributed by atoms with Gasteiger partial charge in [0.2, 0.25) is 0 Å². The third-order valence-corrected chi connectivity index (χ3v) is 8.46. The lowest BCUT2D eigenvalue weighted by Crippen LogP contribution is -2.26. The first-order chi connectivity index (χ1) is 11.4. The molecule has 2 rings (SSSR count). The standard InChI is InChI=1S/C24H46/c1-8-10-21(9-2)18(5)17(4)14-22-12-11-16(3)13-23-15-24(23)20(7)19(22)6/h16-24H,8-15H2,1-7H3. The molecule has 0 aliphatic heterocycles. The number of hydrogen-bond acceptors (Lipinski definition) is 0. The monoisotopic (exact) mass is 334 g/mol. The van der Waals surface area contributed by atoms with Gasteiger partial charge in [0.05, 0.1) is 0 Å². The molecular formula is C24H46. The predicted octanol–water partition coefficient (Wildman–Crippen LogP) is 7.82. The van der Waals surface area contributed by atoms with Crippen molar-refractivity contribution >= 4 is 0 Å². The Balaban J connectivity index is 1.99. The molecule has 2 aliphatic carbocycles. The minimum absolute atomic E-state index is 0.896. The van der Waals surface area contributed by atoms with E-state index in [9.17, 15) is 0 Å². The van der Waals surface area contributed by atoms with Gasteiger partial charge in [-0.3, -0.25) is 0 Å². The van der Waals surface area contributed by atoms with E-state index < -0.39 is 0 Å². The van der Waals surface area contributed by atoms with E-state index >= 15 is 0 Å². The van der Waals surface area contributed by atoms with Crippen molar-refractivity contribution in [1.82, 2.24) is 0 Å². The second-order valence-corrected chi connectivity index (χ2v) is 10.1. The van der Waals surface area contributed by atoms with Crippen LogP contribution in [0.25, 0.3) is 0 Å². The molecule has 0 radical (unpaired) electrons. The van der Waals surface area contributed by atoms with Gasteiger partial charge in [0, 0.05) is 0 Å². The summed E-state index contributed by atoms with van der Waals surface area (Å²) in [7, 11) is 0. The Morgan fingerprint density at radius 3 is 2.25 bits per heavy atom. The SMILES string of the molecule is CCCC(CC)C(C)C(C)CC1CCC(C)CC2CC2C(C)C1C. The summed E-state index contributed by atoms with van der Waals surface area (Å²) in [5.74, 6) is 8.73. The zero-order chi connectivity index (χ0) is 17.9. The second-order valence-electron chi connectivity index (χ2n) is 10.1. The first kappa shape index (κ1) is 20.3. The van der Waals surface area contributed by atoms with Crippen molar-refractivity contribution in [2.24, 2.45) is 53.3 Å². The van der Waals surface area contributed by atoms with Crippen LogP contribution in [-0.4, -0.2) is 0 Å². The van der Waals surface area contributed by atoms with Crippen LogP contribution < -0.4 is 0 Å². The van der Waals surface area contributed by atoms with Gasteiger partial charge in [0.1, 0.15) is 0 Å². The maximum atomic E-state index is 2.60. The summed E-state index contributed by atoms with van der Waals surface area (Å²) in [6.45, 7) is 17.6. The zero-order valence-electron chi connectivity index (χ0n) is 17.9. The van der Waals surface area contributed by atoms with Crippen LogP contribution in [-0.2, 0) is 0 Å². The molecule has 0 bridgehead atoms. The van der Waals surface area contributed by atoms with E-state index in [1.807, 2.05) is 0 Å². The second kappa shape index (κ2) is 9.09. The smallest absolute Gasteiger partial charge is 0.0354 e. The highest BCUT2D eigenvalue weighted by atomic mass is 14.5. The number of hydrogen-bond donors (Lipinski definition) is 0. The lowest BCUT2D eigenvalue weighted by atomic mass is 9.70. The van der Waals surface area contributed by atoms with Gasteiger partial charge in [-0.05, 0) is 78.9 Å². The molecule has 2 fully saturated rings. The first-order valence-electron chi connectivity index (χ1n) is 11.4. The molecule has 0 amide bonds.